The summed E-state index contributed by atoms with van der Waals surface area (Å²) in [5.74, 6) is -0.0443. The molecule has 1 aliphatic carbocycles. The number of ketones is 2. The molecular weight excluding hydrogens is 258 g/mol. The van der Waals surface area contributed by atoms with Crippen molar-refractivity contribution in [2.75, 3.05) is 0 Å². The number of thioether (sulfide) groups is 1. The van der Waals surface area contributed by atoms with Crippen molar-refractivity contribution in [1.82, 2.24) is 0 Å². The zero-order valence-corrected chi connectivity index (χ0v) is 11.1. The maximum absolute atomic E-state index is 11.8. The summed E-state index contributed by atoms with van der Waals surface area (Å²) in [5.41, 5.74) is 2.51. The van der Waals surface area contributed by atoms with Crippen LogP contribution in [0, 0.1) is 0 Å². The van der Waals surface area contributed by atoms with E-state index in [-0.39, 0.29) is 11.6 Å². The van der Waals surface area contributed by atoms with Gasteiger partial charge in [-0.05, 0) is 18.6 Å². The molecule has 1 aromatic carbocycles. The van der Waals surface area contributed by atoms with Gasteiger partial charge >= 0.3 is 0 Å². The van der Waals surface area contributed by atoms with Gasteiger partial charge in [0.25, 0.3) is 0 Å². The van der Waals surface area contributed by atoms with E-state index in [2.05, 4.69) is 4.99 Å². The Morgan fingerprint density at radius 1 is 1.21 bits per heavy atom. The van der Waals surface area contributed by atoms with Crippen molar-refractivity contribution in [3.05, 3.63) is 53.0 Å². The van der Waals surface area contributed by atoms with Gasteiger partial charge in [-0.15, -0.1) is 0 Å². The van der Waals surface area contributed by atoms with Gasteiger partial charge < -0.3 is 0 Å². The zero-order chi connectivity index (χ0) is 13.4. The second-order valence-corrected chi connectivity index (χ2v) is 5.52. The number of allylic oxidation sites excluding steroid dienone is 4. The number of nitrogens with zero attached hydrogens (tertiary/aromatic N) is 1. The Kier molecular flexibility index (Phi) is 2.95. The molecule has 3 rings (SSSR count). The molecule has 0 aromatic heterocycles. The van der Waals surface area contributed by atoms with Crippen LogP contribution in [0.2, 0.25) is 0 Å². The molecular formula is C15H11NO2S. The van der Waals surface area contributed by atoms with E-state index in [0.29, 0.717) is 0 Å². The van der Waals surface area contributed by atoms with E-state index in [1.165, 1.54) is 18.7 Å². The minimum Gasteiger partial charge on any atom is -0.297 e. The number of fused-ring (bicyclic) bond motifs is 1. The van der Waals surface area contributed by atoms with Crippen molar-refractivity contribution in [3.63, 3.8) is 0 Å². The molecule has 1 unspecified atom stereocenters. The lowest BCUT2D eigenvalue weighted by molar-refractivity contribution is -0.116. The lowest BCUT2D eigenvalue weighted by Gasteiger charge is -2.12. The third-order valence-corrected chi connectivity index (χ3v) is 4.19. The van der Waals surface area contributed by atoms with Crippen molar-refractivity contribution in [3.8, 4) is 0 Å². The molecule has 1 aliphatic heterocycles. The average molecular weight is 269 g/mol. The molecule has 4 heteroatoms. The Morgan fingerprint density at radius 2 is 1.95 bits per heavy atom. The molecule has 1 atom stereocenters. The van der Waals surface area contributed by atoms with Gasteiger partial charge in [0, 0.05) is 16.6 Å². The van der Waals surface area contributed by atoms with Gasteiger partial charge in [-0.1, -0.05) is 42.1 Å². The van der Waals surface area contributed by atoms with Crippen LogP contribution in [-0.2, 0) is 9.59 Å². The number of benzene rings is 1. The quantitative estimate of drug-likeness (QED) is 0.775. The van der Waals surface area contributed by atoms with Crippen molar-refractivity contribution >= 4 is 34.6 Å². The molecule has 0 amide bonds. The van der Waals surface area contributed by atoms with Gasteiger partial charge in [0.05, 0.1) is 5.71 Å². The fourth-order valence-corrected chi connectivity index (χ4v) is 3.10. The minimum absolute atomic E-state index is 0.00709. The van der Waals surface area contributed by atoms with E-state index in [1.807, 2.05) is 30.3 Å². The number of rotatable bonds is 2. The second kappa shape index (κ2) is 4.63. The van der Waals surface area contributed by atoms with Crippen LogP contribution in [0.5, 0.6) is 0 Å². The highest BCUT2D eigenvalue weighted by molar-refractivity contribution is 8.05. The first-order chi connectivity index (χ1) is 9.15. The number of hydrogen-bond acceptors (Lipinski definition) is 4. The molecule has 19 heavy (non-hydrogen) atoms. The molecule has 0 radical (unpaired) electrons. The average Bonchev–Trinajstić information content (AvgIpc) is 2.82. The van der Waals surface area contributed by atoms with Crippen LogP contribution in [0.25, 0.3) is 5.57 Å². The molecule has 0 bridgehead atoms. The van der Waals surface area contributed by atoms with Gasteiger partial charge in [0.1, 0.15) is 0 Å². The minimum atomic E-state index is -0.417. The standard InChI is InChI=1S/C15H11NO2S/c1-9(17)15-16-14-12(10-5-3-2-4-6-10)7-11(18)8-13(14)19-15/h2-8,15H,1H3. The van der Waals surface area contributed by atoms with Crippen molar-refractivity contribution in [1.29, 1.82) is 0 Å². The predicted octanol–water partition coefficient (Wildman–Crippen LogP) is 2.64. The third kappa shape index (κ3) is 2.19. The monoisotopic (exact) mass is 269 g/mol. The van der Waals surface area contributed by atoms with Crippen LogP contribution in [0.4, 0.5) is 0 Å². The Balaban J connectivity index is 2.08. The summed E-state index contributed by atoms with van der Waals surface area (Å²) in [4.78, 5) is 28.5. The molecule has 94 valence electrons. The van der Waals surface area contributed by atoms with Gasteiger partial charge in [0.15, 0.2) is 16.9 Å². The smallest absolute Gasteiger partial charge is 0.180 e. The predicted molar refractivity (Wildman–Crippen MR) is 77.0 cm³/mol. The van der Waals surface area contributed by atoms with E-state index in [0.717, 1.165) is 21.8 Å². The third-order valence-electron chi connectivity index (χ3n) is 2.97. The van der Waals surface area contributed by atoms with E-state index >= 15 is 0 Å². The van der Waals surface area contributed by atoms with E-state index in [9.17, 15) is 9.59 Å². The van der Waals surface area contributed by atoms with Crippen LogP contribution >= 0.6 is 11.8 Å². The lowest BCUT2D eigenvalue weighted by Crippen LogP contribution is -2.09. The van der Waals surface area contributed by atoms with E-state index in [1.54, 1.807) is 12.2 Å². The normalized spacial score (nSPS) is 21.4. The summed E-state index contributed by atoms with van der Waals surface area (Å²) in [6, 6.07) is 9.65. The number of carbonyl (C=O) groups excluding carboxylic acids is 2. The molecule has 0 spiro atoms. The summed E-state index contributed by atoms with van der Waals surface area (Å²) < 4.78 is 0. The molecule has 1 aromatic rings. The summed E-state index contributed by atoms with van der Waals surface area (Å²) in [7, 11) is 0. The van der Waals surface area contributed by atoms with E-state index < -0.39 is 5.37 Å². The van der Waals surface area contributed by atoms with Crippen molar-refractivity contribution < 1.29 is 9.59 Å². The Morgan fingerprint density at radius 3 is 2.63 bits per heavy atom. The topological polar surface area (TPSA) is 46.5 Å². The molecule has 1 heterocycles. The number of carbonyl (C=O) groups is 2. The molecule has 2 aliphatic rings. The highest BCUT2D eigenvalue weighted by atomic mass is 32.2. The Hall–Kier alpha value is -1.94. The van der Waals surface area contributed by atoms with E-state index in [4.69, 9.17) is 0 Å². The maximum Gasteiger partial charge on any atom is 0.180 e. The first-order valence-electron chi connectivity index (χ1n) is 5.93. The second-order valence-electron chi connectivity index (χ2n) is 4.39. The van der Waals surface area contributed by atoms with Crippen LogP contribution in [0.15, 0.2) is 52.4 Å². The molecule has 0 fully saturated rings. The van der Waals surface area contributed by atoms with Crippen molar-refractivity contribution in [2.45, 2.75) is 12.3 Å². The highest BCUT2D eigenvalue weighted by Gasteiger charge is 2.31. The largest absolute Gasteiger partial charge is 0.297 e. The Labute approximate surface area is 115 Å². The fraction of sp³-hybridized carbons (Fsp3) is 0.133. The zero-order valence-electron chi connectivity index (χ0n) is 10.3. The fourth-order valence-electron chi connectivity index (χ4n) is 2.08. The first kappa shape index (κ1) is 12.1. The highest BCUT2D eigenvalue weighted by Crippen LogP contribution is 2.39. The van der Waals surface area contributed by atoms with Crippen LogP contribution < -0.4 is 0 Å². The lowest BCUT2D eigenvalue weighted by atomic mass is 9.95. The molecule has 0 N–H and O–H groups in total. The maximum atomic E-state index is 11.8. The van der Waals surface area contributed by atoms with Gasteiger partial charge in [-0.3, -0.25) is 14.6 Å². The summed E-state index contributed by atoms with van der Waals surface area (Å²) >= 11 is 1.35. The SMILES string of the molecule is CC(=O)C1N=C2C(=CC(=O)C=C2c2ccccc2)S1. The number of hydrogen-bond donors (Lipinski definition) is 0. The van der Waals surface area contributed by atoms with Crippen molar-refractivity contribution in [2.24, 2.45) is 4.99 Å². The molecule has 0 saturated heterocycles. The summed E-state index contributed by atoms with van der Waals surface area (Å²) in [6.07, 6.45) is 3.14. The molecule has 0 saturated carbocycles. The van der Waals surface area contributed by atoms with Gasteiger partial charge in [-0.2, -0.15) is 0 Å². The Bertz CT molecular complexity index is 656. The van der Waals surface area contributed by atoms with Crippen LogP contribution in [0.3, 0.4) is 0 Å². The van der Waals surface area contributed by atoms with Gasteiger partial charge in [-0.25, -0.2) is 0 Å². The van der Waals surface area contributed by atoms with Crippen LogP contribution in [-0.4, -0.2) is 22.7 Å². The first-order valence-corrected chi connectivity index (χ1v) is 6.81. The summed E-state index contributed by atoms with van der Waals surface area (Å²) in [6.45, 7) is 1.52. The summed E-state index contributed by atoms with van der Waals surface area (Å²) in [5, 5.41) is -0.417. The van der Waals surface area contributed by atoms with Crippen LogP contribution in [0.1, 0.15) is 12.5 Å². The molecule has 3 nitrogen and oxygen atoms in total. The number of Topliss-reactive ketones (excluding diaryl/α,β-unsaturated/α-hetero) is 1. The van der Waals surface area contributed by atoms with Gasteiger partial charge in [0.2, 0.25) is 0 Å². The number of aliphatic imine (C=N–C) groups is 1.